The summed E-state index contributed by atoms with van der Waals surface area (Å²) in [4.78, 5) is 9.97. The molecule has 0 unspecified atom stereocenters. The number of rotatable bonds is 8. The predicted molar refractivity (Wildman–Crippen MR) is 50.9 cm³/mol. The lowest BCUT2D eigenvalue weighted by Gasteiger charge is -2.22. The van der Waals surface area contributed by atoms with Crippen LogP contribution < -0.4 is 0 Å². The van der Waals surface area contributed by atoms with Crippen LogP contribution in [-0.2, 0) is 4.79 Å². The van der Waals surface area contributed by atoms with E-state index in [1.807, 2.05) is 6.92 Å². The van der Waals surface area contributed by atoms with Crippen LogP contribution in [0.25, 0.3) is 0 Å². The van der Waals surface area contributed by atoms with E-state index >= 15 is 0 Å². The zero-order valence-electron chi connectivity index (χ0n) is 9.11. The van der Waals surface area contributed by atoms with Crippen molar-refractivity contribution in [3.8, 4) is 0 Å². The minimum absolute atomic E-state index is 0.0874. The van der Waals surface area contributed by atoms with E-state index in [2.05, 4.69) is 0 Å². The quantitative estimate of drug-likeness (QED) is 0.522. The molecule has 0 amide bonds. The molecule has 6 heteroatoms. The third-order valence-corrected chi connectivity index (χ3v) is 2.32. The van der Waals surface area contributed by atoms with Crippen LogP contribution in [0.1, 0.15) is 45.4 Å². The van der Waals surface area contributed by atoms with Crippen LogP contribution in [0, 0.1) is 0 Å². The molecule has 0 rings (SSSR count). The fraction of sp³-hybridized carbons (Fsp3) is 0.900. The highest BCUT2D eigenvalue weighted by molar-refractivity contribution is 5.76. The highest BCUT2D eigenvalue weighted by Crippen LogP contribution is 2.38. The zero-order chi connectivity index (χ0) is 12.8. The number of hydrogen-bond donors (Lipinski definition) is 1. The molecule has 0 aliphatic carbocycles. The molecule has 0 aliphatic heterocycles. The van der Waals surface area contributed by atoms with E-state index in [1.165, 1.54) is 0 Å². The standard InChI is InChI=1S/C10H16F4O2/c1-2-3-4-5-6-7-9(11,12)10(13,14)8(15)16/h2-7H2,1H3,(H,15,16). The van der Waals surface area contributed by atoms with E-state index in [0.29, 0.717) is 12.8 Å². The van der Waals surface area contributed by atoms with Crippen molar-refractivity contribution in [3.05, 3.63) is 0 Å². The molecule has 0 atom stereocenters. The summed E-state index contributed by atoms with van der Waals surface area (Å²) in [6.45, 7) is 1.94. The minimum Gasteiger partial charge on any atom is -0.477 e. The number of carboxylic acids is 1. The Bertz CT molecular complexity index is 229. The summed E-state index contributed by atoms with van der Waals surface area (Å²) in [5, 5.41) is 7.99. The number of hydrogen-bond acceptors (Lipinski definition) is 1. The van der Waals surface area contributed by atoms with Crippen molar-refractivity contribution in [1.82, 2.24) is 0 Å². The fourth-order valence-corrected chi connectivity index (χ4v) is 1.26. The van der Waals surface area contributed by atoms with Gasteiger partial charge in [0.1, 0.15) is 0 Å². The lowest BCUT2D eigenvalue weighted by atomic mass is 10.0. The molecule has 0 aromatic rings. The van der Waals surface area contributed by atoms with Crippen LogP contribution in [0.4, 0.5) is 17.6 Å². The molecule has 0 saturated carbocycles. The van der Waals surface area contributed by atoms with Crippen molar-refractivity contribution < 1.29 is 27.5 Å². The summed E-state index contributed by atoms with van der Waals surface area (Å²) in [6, 6.07) is 0. The van der Waals surface area contributed by atoms with Gasteiger partial charge in [-0.25, -0.2) is 4.79 Å². The van der Waals surface area contributed by atoms with E-state index in [1.54, 1.807) is 0 Å². The van der Waals surface area contributed by atoms with Crippen LogP contribution in [0.5, 0.6) is 0 Å². The molecular weight excluding hydrogens is 228 g/mol. The Hall–Kier alpha value is -0.810. The Kier molecular flexibility index (Phi) is 5.75. The molecule has 0 fully saturated rings. The molecule has 0 aliphatic rings. The first kappa shape index (κ1) is 15.2. The van der Waals surface area contributed by atoms with E-state index < -0.39 is 24.2 Å². The third-order valence-electron chi connectivity index (χ3n) is 2.32. The monoisotopic (exact) mass is 244 g/mol. The van der Waals surface area contributed by atoms with E-state index in [9.17, 15) is 22.4 Å². The van der Waals surface area contributed by atoms with Gasteiger partial charge in [-0.05, 0) is 6.42 Å². The molecule has 0 radical (unpaired) electrons. The zero-order valence-corrected chi connectivity index (χ0v) is 9.11. The van der Waals surface area contributed by atoms with Gasteiger partial charge in [0, 0.05) is 6.42 Å². The second kappa shape index (κ2) is 6.06. The summed E-state index contributed by atoms with van der Waals surface area (Å²) < 4.78 is 50.8. The second-order valence-electron chi connectivity index (χ2n) is 3.75. The van der Waals surface area contributed by atoms with Gasteiger partial charge >= 0.3 is 17.8 Å². The van der Waals surface area contributed by atoms with Gasteiger partial charge in [-0.2, -0.15) is 17.6 Å². The summed E-state index contributed by atoms with van der Waals surface area (Å²) in [6.07, 6.45) is 1.72. The van der Waals surface area contributed by atoms with Gasteiger partial charge in [0.15, 0.2) is 0 Å². The molecule has 2 nitrogen and oxygen atoms in total. The Morgan fingerprint density at radius 1 is 1.06 bits per heavy atom. The van der Waals surface area contributed by atoms with Gasteiger partial charge in [-0.15, -0.1) is 0 Å². The maximum Gasteiger partial charge on any atom is 0.404 e. The topological polar surface area (TPSA) is 37.3 Å². The molecular formula is C10H16F4O2. The smallest absolute Gasteiger partial charge is 0.404 e. The molecule has 0 aromatic carbocycles. The highest BCUT2D eigenvalue weighted by Gasteiger charge is 2.61. The molecule has 0 saturated heterocycles. The van der Waals surface area contributed by atoms with E-state index in [0.717, 1.165) is 12.8 Å². The van der Waals surface area contributed by atoms with Crippen molar-refractivity contribution >= 4 is 5.97 Å². The Morgan fingerprint density at radius 3 is 2.00 bits per heavy atom. The molecule has 0 heterocycles. The van der Waals surface area contributed by atoms with Crippen LogP contribution in [0.2, 0.25) is 0 Å². The molecule has 96 valence electrons. The van der Waals surface area contributed by atoms with Crippen LogP contribution in [-0.4, -0.2) is 22.9 Å². The maximum atomic E-state index is 12.8. The van der Waals surface area contributed by atoms with Gasteiger partial charge < -0.3 is 5.11 Å². The number of aliphatic carboxylic acids is 1. The van der Waals surface area contributed by atoms with Gasteiger partial charge in [0.05, 0.1) is 0 Å². The van der Waals surface area contributed by atoms with Crippen LogP contribution in [0.15, 0.2) is 0 Å². The van der Waals surface area contributed by atoms with Gasteiger partial charge in [-0.3, -0.25) is 0 Å². The number of carbonyl (C=O) groups is 1. The van der Waals surface area contributed by atoms with Gasteiger partial charge in [0.25, 0.3) is 0 Å². The van der Waals surface area contributed by atoms with E-state index in [4.69, 9.17) is 5.11 Å². The molecule has 16 heavy (non-hydrogen) atoms. The number of alkyl halides is 4. The Balaban J connectivity index is 4.09. The third kappa shape index (κ3) is 3.98. The van der Waals surface area contributed by atoms with Crippen LogP contribution in [0.3, 0.4) is 0 Å². The average molecular weight is 244 g/mol. The first-order valence-corrected chi connectivity index (χ1v) is 5.24. The number of halogens is 4. The lowest BCUT2D eigenvalue weighted by Crippen LogP contribution is -2.47. The first-order chi connectivity index (χ1) is 7.25. The van der Waals surface area contributed by atoms with Crippen molar-refractivity contribution in [2.75, 3.05) is 0 Å². The normalized spacial score (nSPS) is 12.8. The highest BCUT2D eigenvalue weighted by atomic mass is 19.3. The van der Waals surface area contributed by atoms with Crippen molar-refractivity contribution in [1.29, 1.82) is 0 Å². The van der Waals surface area contributed by atoms with Gasteiger partial charge in [0.2, 0.25) is 0 Å². The van der Waals surface area contributed by atoms with Gasteiger partial charge in [-0.1, -0.05) is 32.6 Å². The summed E-state index contributed by atoms with van der Waals surface area (Å²) in [5.74, 6) is -12.2. The first-order valence-electron chi connectivity index (χ1n) is 5.24. The fourth-order valence-electron chi connectivity index (χ4n) is 1.26. The molecule has 1 N–H and O–H groups in total. The summed E-state index contributed by atoms with van der Waals surface area (Å²) in [5.41, 5.74) is 0. The predicted octanol–water partition coefficient (Wildman–Crippen LogP) is 3.70. The SMILES string of the molecule is CCCCCCCC(F)(F)C(F)(F)C(=O)O. The largest absolute Gasteiger partial charge is 0.477 e. The average Bonchev–Trinajstić information content (AvgIpc) is 2.16. The lowest BCUT2D eigenvalue weighted by molar-refractivity contribution is -0.226. The molecule has 0 aromatic heterocycles. The van der Waals surface area contributed by atoms with Crippen molar-refractivity contribution in [2.24, 2.45) is 0 Å². The maximum absolute atomic E-state index is 12.8. The number of unbranched alkanes of at least 4 members (excludes halogenated alkanes) is 4. The van der Waals surface area contributed by atoms with Crippen molar-refractivity contribution in [2.45, 2.75) is 57.3 Å². The molecule has 0 bridgehead atoms. The number of carboxylic acid groups (broad SMARTS) is 1. The van der Waals surface area contributed by atoms with Crippen LogP contribution >= 0.6 is 0 Å². The Labute approximate surface area is 91.6 Å². The molecule has 0 spiro atoms. The minimum atomic E-state index is -4.97. The summed E-state index contributed by atoms with van der Waals surface area (Å²) >= 11 is 0. The Morgan fingerprint density at radius 2 is 1.56 bits per heavy atom. The van der Waals surface area contributed by atoms with E-state index in [-0.39, 0.29) is 6.42 Å². The summed E-state index contributed by atoms with van der Waals surface area (Å²) in [7, 11) is 0. The van der Waals surface area contributed by atoms with Crippen molar-refractivity contribution in [3.63, 3.8) is 0 Å². The second-order valence-corrected chi connectivity index (χ2v) is 3.75.